The first-order valence-corrected chi connectivity index (χ1v) is 7.63. The second kappa shape index (κ2) is 6.32. The van der Waals surface area contributed by atoms with Crippen LogP contribution >= 0.6 is 0 Å². The Morgan fingerprint density at radius 1 is 1.35 bits per heavy atom. The Balaban J connectivity index is 1.84. The van der Waals surface area contributed by atoms with E-state index in [1.54, 1.807) is 32.4 Å². The van der Waals surface area contributed by atoms with Gasteiger partial charge in [0, 0.05) is 18.1 Å². The summed E-state index contributed by atoms with van der Waals surface area (Å²) in [4.78, 5) is 12.6. The molecule has 0 saturated carbocycles. The number of carbonyl (C=O) groups excluding carboxylic acids is 1. The van der Waals surface area contributed by atoms with Crippen LogP contribution in [0.25, 0.3) is 0 Å². The molecular weight excluding hydrogens is 296 g/mol. The van der Waals surface area contributed by atoms with Crippen molar-refractivity contribution in [2.75, 3.05) is 19.5 Å². The van der Waals surface area contributed by atoms with E-state index in [0.717, 1.165) is 30.6 Å². The van der Waals surface area contributed by atoms with Crippen LogP contribution in [0.15, 0.2) is 22.7 Å². The number of hydrogen-bond donors (Lipinski definition) is 1. The monoisotopic (exact) mass is 316 g/mol. The van der Waals surface area contributed by atoms with E-state index < -0.39 is 0 Å². The summed E-state index contributed by atoms with van der Waals surface area (Å²) in [6.07, 6.45) is 2.72. The molecule has 1 unspecified atom stereocenters. The van der Waals surface area contributed by atoms with Crippen molar-refractivity contribution in [2.45, 2.75) is 26.2 Å². The molecule has 3 rings (SSSR count). The summed E-state index contributed by atoms with van der Waals surface area (Å²) < 4.78 is 15.8. The zero-order valence-electron chi connectivity index (χ0n) is 13.5. The minimum atomic E-state index is -0.285. The minimum Gasteiger partial charge on any atom is -0.497 e. The molecule has 1 aromatic heterocycles. The standard InChI is InChI=1S/C17H20N2O4/c1-10-4-7-14-12(8-10)16(19-23-14)17(20)18-13-6-5-11(21-2)9-15(13)22-3/h5-6,9-10H,4,7-8H2,1-3H3,(H,18,20). The molecule has 2 aromatic rings. The zero-order valence-corrected chi connectivity index (χ0v) is 13.5. The lowest BCUT2D eigenvalue weighted by atomic mass is 9.88. The van der Waals surface area contributed by atoms with E-state index >= 15 is 0 Å². The van der Waals surface area contributed by atoms with Gasteiger partial charge in [-0.2, -0.15) is 0 Å². The number of ether oxygens (including phenoxy) is 2. The quantitative estimate of drug-likeness (QED) is 0.938. The molecule has 1 atom stereocenters. The van der Waals surface area contributed by atoms with Crippen molar-refractivity contribution in [1.29, 1.82) is 0 Å². The van der Waals surface area contributed by atoms with E-state index in [2.05, 4.69) is 17.4 Å². The Hall–Kier alpha value is -2.50. The number of rotatable bonds is 4. The molecule has 0 fully saturated rings. The molecule has 0 bridgehead atoms. The molecule has 6 nitrogen and oxygen atoms in total. The topological polar surface area (TPSA) is 73.6 Å². The molecule has 23 heavy (non-hydrogen) atoms. The van der Waals surface area contributed by atoms with Gasteiger partial charge in [0.15, 0.2) is 5.69 Å². The van der Waals surface area contributed by atoms with E-state index in [4.69, 9.17) is 14.0 Å². The summed E-state index contributed by atoms with van der Waals surface area (Å²) in [5.41, 5.74) is 1.86. The van der Waals surface area contributed by atoms with Gasteiger partial charge in [0.05, 0.1) is 19.9 Å². The van der Waals surface area contributed by atoms with Crippen molar-refractivity contribution in [2.24, 2.45) is 5.92 Å². The highest BCUT2D eigenvalue weighted by molar-refractivity contribution is 6.04. The number of aromatic nitrogens is 1. The zero-order chi connectivity index (χ0) is 16.4. The smallest absolute Gasteiger partial charge is 0.278 e. The number of hydrogen-bond acceptors (Lipinski definition) is 5. The van der Waals surface area contributed by atoms with E-state index in [1.165, 1.54) is 0 Å². The van der Waals surface area contributed by atoms with Crippen LogP contribution in [0.3, 0.4) is 0 Å². The summed E-state index contributed by atoms with van der Waals surface area (Å²) in [6.45, 7) is 2.17. The first-order valence-electron chi connectivity index (χ1n) is 7.63. The third kappa shape index (κ3) is 3.02. The fourth-order valence-electron chi connectivity index (χ4n) is 2.84. The predicted molar refractivity (Wildman–Crippen MR) is 85.2 cm³/mol. The number of benzene rings is 1. The Bertz CT molecular complexity index is 723. The Labute approximate surface area is 134 Å². The van der Waals surface area contributed by atoms with Gasteiger partial charge in [-0.3, -0.25) is 4.79 Å². The number of nitrogens with zero attached hydrogens (tertiary/aromatic N) is 1. The Kier molecular flexibility index (Phi) is 4.23. The molecule has 1 amide bonds. The lowest BCUT2D eigenvalue weighted by molar-refractivity contribution is 0.101. The van der Waals surface area contributed by atoms with Crippen LogP contribution in [-0.2, 0) is 12.8 Å². The fraction of sp³-hybridized carbons (Fsp3) is 0.412. The molecule has 1 N–H and O–H groups in total. The second-order valence-electron chi connectivity index (χ2n) is 5.80. The molecule has 1 heterocycles. The molecule has 122 valence electrons. The van der Waals surface area contributed by atoms with Gasteiger partial charge in [-0.15, -0.1) is 0 Å². The van der Waals surface area contributed by atoms with Crippen molar-refractivity contribution in [3.63, 3.8) is 0 Å². The van der Waals surface area contributed by atoms with Crippen LogP contribution < -0.4 is 14.8 Å². The molecule has 0 aliphatic heterocycles. The number of anilines is 1. The van der Waals surface area contributed by atoms with E-state index in [9.17, 15) is 4.79 Å². The highest BCUT2D eigenvalue weighted by Gasteiger charge is 2.27. The summed E-state index contributed by atoms with van der Waals surface area (Å²) in [5, 5.41) is 6.80. The van der Waals surface area contributed by atoms with Crippen molar-refractivity contribution < 1.29 is 18.8 Å². The number of carbonyl (C=O) groups is 1. The van der Waals surface area contributed by atoms with E-state index in [1.807, 2.05) is 0 Å². The molecule has 1 aromatic carbocycles. The number of nitrogens with one attached hydrogen (secondary N) is 1. The number of methoxy groups -OCH3 is 2. The van der Waals surface area contributed by atoms with Gasteiger partial charge in [0.2, 0.25) is 0 Å². The third-order valence-corrected chi connectivity index (χ3v) is 4.16. The molecule has 6 heteroatoms. The van der Waals surface area contributed by atoms with Crippen LogP contribution in [0.4, 0.5) is 5.69 Å². The van der Waals surface area contributed by atoms with Gasteiger partial charge in [-0.1, -0.05) is 12.1 Å². The van der Waals surface area contributed by atoms with Gasteiger partial charge in [-0.25, -0.2) is 0 Å². The first kappa shape index (κ1) is 15.4. The molecule has 0 radical (unpaired) electrons. The van der Waals surface area contributed by atoms with E-state index in [-0.39, 0.29) is 5.91 Å². The highest BCUT2D eigenvalue weighted by atomic mass is 16.5. The lowest BCUT2D eigenvalue weighted by Gasteiger charge is -2.16. The minimum absolute atomic E-state index is 0.285. The maximum atomic E-state index is 12.6. The molecule has 1 aliphatic rings. The summed E-state index contributed by atoms with van der Waals surface area (Å²) in [7, 11) is 3.12. The lowest BCUT2D eigenvalue weighted by Crippen LogP contribution is -2.18. The predicted octanol–water partition coefficient (Wildman–Crippen LogP) is 3.07. The second-order valence-corrected chi connectivity index (χ2v) is 5.80. The van der Waals surface area contributed by atoms with Crippen molar-refractivity contribution in [3.8, 4) is 11.5 Å². The molecule has 0 spiro atoms. The van der Waals surface area contributed by atoms with Crippen molar-refractivity contribution in [3.05, 3.63) is 35.2 Å². The fourth-order valence-corrected chi connectivity index (χ4v) is 2.84. The molecular formula is C17H20N2O4. The Morgan fingerprint density at radius 3 is 2.91 bits per heavy atom. The SMILES string of the molecule is COc1ccc(NC(=O)c2noc3c2CC(C)CC3)c(OC)c1. The number of aryl methyl sites for hydroxylation is 1. The average molecular weight is 316 g/mol. The molecule has 0 saturated heterocycles. The van der Waals surface area contributed by atoms with Crippen LogP contribution in [-0.4, -0.2) is 25.3 Å². The van der Waals surface area contributed by atoms with Crippen LogP contribution in [0, 0.1) is 5.92 Å². The van der Waals surface area contributed by atoms with Gasteiger partial charge in [-0.05, 0) is 30.9 Å². The largest absolute Gasteiger partial charge is 0.497 e. The maximum absolute atomic E-state index is 12.6. The van der Waals surface area contributed by atoms with E-state index in [0.29, 0.717) is 28.8 Å². The van der Waals surface area contributed by atoms with Crippen molar-refractivity contribution >= 4 is 11.6 Å². The first-order chi connectivity index (χ1) is 11.1. The Morgan fingerprint density at radius 2 is 2.17 bits per heavy atom. The van der Waals surface area contributed by atoms with Gasteiger partial charge in [0.1, 0.15) is 17.3 Å². The third-order valence-electron chi connectivity index (χ3n) is 4.16. The van der Waals surface area contributed by atoms with Gasteiger partial charge >= 0.3 is 0 Å². The molecule has 1 aliphatic carbocycles. The van der Waals surface area contributed by atoms with Crippen LogP contribution in [0.1, 0.15) is 35.2 Å². The number of amides is 1. The average Bonchev–Trinajstić information content (AvgIpc) is 2.98. The summed E-state index contributed by atoms with van der Waals surface area (Å²) in [6, 6.07) is 5.22. The van der Waals surface area contributed by atoms with Crippen LogP contribution in [0.5, 0.6) is 11.5 Å². The summed E-state index contributed by atoms with van der Waals surface area (Å²) in [5.74, 6) is 2.27. The van der Waals surface area contributed by atoms with Crippen LogP contribution in [0.2, 0.25) is 0 Å². The maximum Gasteiger partial charge on any atom is 0.278 e. The number of fused-ring (bicyclic) bond motifs is 1. The van der Waals surface area contributed by atoms with Gasteiger partial charge in [0.25, 0.3) is 5.91 Å². The van der Waals surface area contributed by atoms with Gasteiger partial charge < -0.3 is 19.3 Å². The highest BCUT2D eigenvalue weighted by Crippen LogP contribution is 2.31. The summed E-state index contributed by atoms with van der Waals surface area (Å²) >= 11 is 0. The normalized spacial score (nSPS) is 16.6. The van der Waals surface area contributed by atoms with Crippen molar-refractivity contribution in [1.82, 2.24) is 5.16 Å².